The molecule has 4 heteroatoms. The molecule has 0 aliphatic rings. The minimum absolute atomic E-state index is 0.0396. The molecule has 1 aromatic carbocycles. The quantitative estimate of drug-likeness (QED) is 0.663. The molecule has 3 aromatic rings. The summed E-state index contributed by atoms with van der Waals surface area (Å²) >= 11 is 1.56. The van der Waals surface area contributed by atoms with Crippen LogP contribution >= 0.6 is 11.3 Å². The average Bonchev–Trinajstić information content (AvgIpc) is 2.97. The Hall–Kier alpha value is -1.94. The zero-order chi connectivity index (χ0) is 11.7. The van der Waals surface area contributed by atoms with Crippen molar-refractivity contribution in [1.29, 1.82) is 0 Å². The van der Waals surface area contributed by atoms with Crippen molar-refractivity contribution in [3.05, 3.63) is 53.4 Å². The van der Waals surface area contributed by atoms with E-state index in [1.165, 1.54) is 12.5 Å². The van der Waals surface area contributed by atoms with Crippen molar-refractivity contribution < 1.29 is 9.21 Å². The van der Waals surface area contributed by atoms with Crippen LogP contribution in [0.2, 0.25) is 0 Å². The summed E-state index contributed by atoms with van der Waals surface area (Å²) in [5.74, 6) is 0.0396. The van der Waals surface area contributed by atoms with Gasteiger partial charge in [0.2, 0.25) is 0 Å². The number of furan rings is 1. The molecular formula is C13H9NO2S. The molecular weight excluding hydrogens is 234 g/mol. The third-order valence-corrected chi connectivity index (χ3v) is 3.53. The number of aromatic nitrogens is 1. The van der Waals surface area contributed by atoms with Gasteiger partial charge in [-0.05, 0) is 18.2 Å². The molecule has 0 saturated heterocycles. The Labute approximate surface area is 102 Å². The minimum Gasteiger partial charge on any atom is -0.472 e. The summed E-state index contributed by atoms with van der Waals surface area (Å²) in [7, 11) is 0. The second-order valence-electron chi connectivity index (χ2n) is 3.69. The maximum Gasteiger partial charge on any atom is 0.172 e. The van der Waals surface area contributed by atoms with Crippen LogP contribution in [0.15, 0.2) is 47.3 Å². The lowest BCUT2D eigenvalue weighted by atomic mass is 10.2. The number of carbonyl (C=O) groups is 1. The first-order valence-electron chi connectivity index (χ1n) is 5.23. The van der Waals surface area contributed by atoms with Crippen LogP contribution in [-0.2, 0) is 6.42 Å². The summed E-state index contributed by atoms with van der Waals surface area (Å²) in [6, 6.07) is 9.57. The monoisotopic (exact) mass is 243 g/mol. The predicted octanol–water partition coefficient (Wildman–Crippen LogP) is 3.31. The van der Waals surface area contributed by atoms with Crippen LogP contribution in [0.3, 0.4) is 0 Å². The van der Waals surface area contributed by atoms with E-state index in [1.807, 2.05) is 24.3 Å². The van der Waals surface area contributed by atoms with Gasteiger partial charge in [0.05, 0.1) is 28.5 Å². The molecule has 0 spiro atoms. The number of fused-ring (bicyclic) bond motifs is 1. The maximum atomic E-state index is 11.9. The Morgan fingerprint density at radius 2 is 2.18 bits per heavy atom. The fourth-order valence-corrected chi connectivity index (χ4v) is 2.62. The van der Waals surface area contributed by atoms with Crippen molar-refractivity contribution in [2.24, 2.45) is 0 Å². The molecule has 2 heterocycles. The second-order valence-corrected chi connectivity index (χ2v) is 4.80. The minimum atomic E-state index is 0.0396. The summed E-state index contributed by atoms with van der Waals surface area (Å²) in [5, 5.41) is 0.845. The molecule has 17 heavy (non-hydrogen) atoms. The molecule has 0 aliphatic carbocycles. The standard InChI is InChI=1S/C13H9NO2S/c15-11(9-5-6-16-8-9)7-13-14-10-3-1-2-4-12(10)17-13/h1-6,8H,7H2. The lowest BCUT2D eigenvalue weighted by molar-refractivity contribution is 0.0992. The van der Waals surface area contributed by atoms with Gasteiger partial charge in [0.1, 0.15) is 11.3 Å². The van der Waals surface area contributed by atoms with Crippen LogP contribution in [0.25, 0.3) is 10.2 Å². The van der Waals surface area contributed by atoms with Gasteiger partial charge in [-0.25, -0.2) is 4.98 Å². The van der Waals surface area contributed by atoms with Crippen LogP contribution in [0, 0.1) is 0 Å². The van der Waals surface area contributed by atoms with Gasteiger partial charge in [0.25, 0.3) is 0 Å². The third-order valence-electron chi connectivity index (χ3n) is 2.49. The molecule has 2 aromatic heterocycles. The topological polar surface area (TPSA) is 43.1 Å². The van der Waals surface area contributed by atoms with E-state index in [9.17, 15) is 4.79 Å². The molecule has 0 fully saturated rings. The van der Waals surface area contributed by atoms with E-state index in [0.717, 1.165) is 15.2 Å². The molecule has 0 unspecified atom stereocenters. The highest BCUT2D eigenvalue weighted by Gasteiger charge is 2.11. The van der Waals surface area contributed by atoms with Crippen LogP contribution in [0.1, 0.15) is 15.4 Å². The van der Waals surface area contributed by atoms with E-state index in [2.05, 4.69) is 4.98 Å². The van der Waals surface area contributed by atoms with E-state index in [1.54, 1.807) is 17.4 Å². The number of Topliss-reactive ketones (excluding diaryl/α,β-unsaturated/α-hetero) is 1. The summed E-state index contributed by atoms with van der Waals surface area (Å²) in [6.45, 7) is 0. The summed E-state index contributed by atoms with van der Waals surface area (Å²) in [6.07, 6.45) is 3.31. The molecule has 3 rings (SSSR count). The zero-order valence-electron chi connectivity index (χ0n) is 8.92. The molecule has 84 valence electrons. The van der Waals surface area contributed by atoms with E-state index in [-0.39, 0.29) is 5.78 Å². The van der Waals surface area contributed by atoms with Gasteiger partial charge in [-0.1, -0.05) is 12.1 Å². The van der Waals surface area contributed by atoms with Gasteiger partial charge in [-0.2, -0.15) is 0 Å². The summed E-state index contributed by atoms with van der Waals surface area (Å²) < 4.78 is 6.01. The average molecular weight is 243 g/mol. The lowest BCUT2D eigenvalue weighted by Crippen LogP contribution is -2.01. The Morgan fingerprint density at radius 1 is 1.29 bits per heavy atom. The SMILES string of the molecule is O=C(Cc1nc2ccccc2s1)c1ccoc1. The molecule has 0 radical (unpaired) electrons. The Kier molecular flexibility index (Phi) is 2.49. The highest BCUT2D eigenvalue weighted by Crippen LogP contribution is 2.22. The first-order valence-corrected chi connectivity index (χ1v) is 6.04. The normalized spacial score (nSPS) is 10.8. The van der Waals surface area contributed by atoms with E-state index in [0.29, 0.717) is 12.0 Å². The van der Waals surface area contributed by atoms with Crippen LogP contribution < -0.4 is 0 Å². The molecule has 0 atom stereocenters. The number of ketones is 1. The number of hydrogen-bond donors (Lipinski definition) is 0. The van der Waals surface area contributed by atoms with Gasteiger partial charge in [-0.15, -0.1) is 11.3 Å². The molecule has 0 amide bonds. The van der Waals surface area contributed by atoms with E-state index < -0.39 is 0 Å². The molecule has 3 nitrogen and oxygen atoms in total. The molecule has 0 N–H and O–H groups in total. The highest BCUT2D eigenvalue weighted by molar-refractivity contribution is 7.18. The lowest BCUT2D eigenvalue weighted by Gasteiger charge is -1.91. The number of hydrogen-bond acceptors (Lipinski definition) is 4. The second kappa shape index (κ2) is 4.14. The van der Waals surface area contributed by atoms with Gasteiger partial charge >= 0.3 is 0 Å². The summed E-state index contributed by atoms with van der Waals surface area (Å²) in [4.78, 5) is 16.3. The van der Waals surface area contributed by atoms with Gasteiger partial charge in [0.15, 0.2) is 5.78 Å². The number of benzene rings is 1. The van der Waals surface area contributed by atoms with E-state index >= 15 is 0 Å². The Morgan fingerprint density at radius 3 is 2.94 bits per heavy atom. The van der Waals surface area contributed by atoms with Crippen molar-refractivity contribution in [2.75, 3.05) is 0 Å². The Bertz CT molecular complexity index is 622. The van der Waals surface area contributed by atoms with Gasteiger partial charge in [-0.3, -0.25) is 4.79 Å². The predicted molar refractivity (Wildman–Crippen MR) is 66.4 cm³/mol. The first-order chi connectivity index (χ1) is 8.33. The van der Waals surface area contributed by atoms with Crippen molar-refractivity contribution >= 4 is 27.3 Å². The molecule has 0 bridgehead atoms. The number of nitrogens with zero attached hydrogens (tertiary/aromatic N) is 1. The number of para-hydroxylation sites is 1. The summed E-state index contributed by atoms with van der Waals surface area (Å²) in [5.41, 5.74) is 1.55. The fourth-order valence-electron chi connectivity index (χ4n) is 1.66. The van der Waals surface area contributed by atoms with Crippen molar-refractivity contribution in [3.63, 3.8) is 0 Å². The Balaban J connectivity index is 1.88. The number of carbonyl (C=O) groups excluding carboxylic acids is 1. The number of thiazole rings is 1. The smallest absolute Gasteiger partial charge is 0.172 e. The van der Waals surface area contributed by atoms with Gasteiger partial charge in [0, 0.05) is 0 Å². The highest BCUT2D eigenvalue weighted by atomic mass is 32.1. The molecule has 0 saturated carbocycles. The first kappa shape index (κ1) is 10.2. The van der Waals surface area contributed by atoms with Crippen LogP contribution in [0.5, 0.6) is 0 Å². The van der Waals surface area contributed by atoms with Crippen LogP contribution in [-0.4, -0.2) is 10.8 Å². The van der Waals surface area contributed by atoms with Crippen LogP contribution in [0.4, 0.5) is 0 Å². The van der Waals surface area contributed by atoms with Gasteiger partial charge < -0.3 is 4.42 Å². The van der Waals surface area contributed by atoms with E-state index in [4.69, 9.17) is 4.42 Å². The fraction of sp³-hybridized carbons (Fsp3) is 0.0769. The van der Waals surface area contributed by atoms with Crippen molar-refractivity contribution in [2.45, 2.75) is 6.42 Å². The number of rotatable bonds is 3. The molecule has 0 aliphatic heterocycles. The van der Waals surface area contributed by atoms with Crippen molar-refractivity contribution in [1.82, 2.24) is 4.98 Å². The van der Waals surface area contributed by atoms with Crippen molar-refractivity contribution in [3.8, 4) is 0 Å². The zero-order valence-corrected chi connectivity index (χ0v) is 9.74. The maximum absolute atomic E-state index is 11.9. The third kappa shape index (κ3) is 1.99. The largest absolute Gasteiger partial charge is 0.472 e.